The summed E-state index contributed by atoms with van der Waals surface area (Å²) in [6.45, 7) is 0.876. The van der Waals surface area contributed by atoms with Gasteiger partial charge in [-0.25, -0.2) is 4.98 Å². The van der Waals surface area contributed by atoms with Crippen LogP contribution in [0, 0.1) is 0 Å². The highest BCUT2D eigenvalue weighted by Gasteiger charge is 2.33. The fourth-order valence-electron chi connectivity index (χ4n) is 2.11. The third kappa shape index (κ3) is 5.05. The van der Waals surface area contributed by atoms with Crippen molar-refractivity contribution in [2.24, 2.45) is 5.73 Å². The van der Waals surface area contributed by atoms with Crippen molar-refractivity contribution in [2.45, 2.75) is 29.4 Å². The maximum absolute atomic E-state index is 12.5. The molecular weight excluding hydrogens is 327 g/mol. The number of hydrogen-bond acceptors (Lipinski definition) is 4. The van der Waals surface area contributed by atoms with Crippen LogP contribution >= 0.6 is 24.2 Å². The number of hydrogen-bond donors (Lipinski definition) is 1. The van der Waals surface area contributed by atoms with E-state index in [9.17, 15) is 18.0 Å². The van der Waals surface area contributed by atoms with E-state index in [0.29, 0.717) is 13.1 Å². The fourth-order valence-corrected chi connectivity index (χ4v) is 2.71. The SMILES string of the molecule is Cl.NC1CCCN(C(=O)c2cccnc2SC(F)(F)F)C1. The van der Waals surface area contributed by atoms with Crippen molar-refractivity contribution >= 4 is 30.1 Å². The normalized spacial score (nSPS) is 19.0. The molecule has 1 atom stereocenters. The molecule has 0 radical (unpaired) electrons. The van der Waals surface area contributed by atoms with Crippen LogP contribution in [-0.2, 0) is 0 Å². The summed E-state index contributed by atoms with van der Waals surface area (Å²) in [5, 5.41) is -0.316. The van der Waals surface area contributed by atoms with Gasteiger partial charge in [0, 0.05) is 37.1 Å². The molecule has 0 bridgehead atoms. The zero-order valence-electron chi connectivity index (χ0n) is 11.0. The van der Waals surface area contributed by atoms with Gasteiger partial charge in [-0.2, -0.15) is 13.2 Å². The molecule has 1 aromatic heterocycles. The molecule has 4 nitrogen and oxygen atoms in total. The molecule has 1 amide bonds. The van der Waals surface area contributed by atoms with E-state index in [1.807, 2.05) is 0 Å². The van der Waals surface area contributed by atoms with Gasteiger partial charge in [0.25, 0.3) is 5.91 Å². The van der Waals surface area contributed by atoms with E-state index in [4.69, 9.17) is 5.73 Å². The Balaban J connectivity index is 0.00000220. The van der Waals surface area contributed by atoms with Crippen LogP contribution in [0.1, 0.15) is 23.2 Å². The predicted molar refractivity (Wildman–Crippen MR) is 76.5 cm³/mol. The maximum atomic E-state index is 12.5. The van der Waals surface area contributed by atoms with Crippen molar-refractivity contribution in [3.63, 3.8) is 0 Å². The van der Waals surface area contributed by atoms with Crippen LogP contribution in [0.3, 0.4) is 0 Å². The van der Waals surface area contributed by atoms with Crippen LogP contribution in [0.25, 0.3) is 0 Å². The first-order chi connectivity index (χ1) is 9.37. The van der Waals surface area contributed by atoms with E-state index >= 15 is 0 Å². The summed E-state index contributed by atoms with van der Waals surface area (Å²) in [5.74, 6) is -0.444. The van der Waals surface area contributed by atoms with Crippen molar-refractivity contribution in [3.8, 4) is 0 Å². The molecule has 21 heavy (non-hydrogen) atoms. The highest BCUT2D eigenvalue weighted by atomic mass is 35.5. The topological polar surface area (TPSA) is 59.2 Å². The van der Waals surface area contributed by atoms with Gasteiger partial charge in [0.2, 0.25) is 0 Å². The molecule has 1 saturated heterocycles. The molecule has 2 rings (SSSR count). The molecule has 1 fully saturated rings. The third-order valence-corrected chi connectivity index (χ3v) is 3.71. The van der Waals surface area contributed by atoms with Gasteiger partial charge < -0.3 is 10.6 Å². The Morgan fingerprint density at radius 1 is 1.48 bits per heavy atom. The van der Waals surface area contributed by atoms with Crippen molar-refractivity contribution in [3.05, 3.63) is 23.9 Å². The van der Waals surface area contributed by atoms with Crippen LogP contribution < -0.4 is 5.73 Å². The molecule has 118 valence electrons. The molecule has 0 aliphatic carbocycles. The minimum Gasteiger partial charge on any atom is -0.337 e. The lowest BCUT2D eigenvalue weighted by Crippen LogP contribution is -2.45. The Labute approximate surface area is 130 Å². The summed E-state index contributed by atoms with van der Waals surface area (Å²) >= 11 is -0.369. The highest BCUT2D eigenvalue weighted by molar-refractivity contribution is 8.00. The van der Waals surface area contributed by atoms with Crippen LogP contribution in [0.15, 0.2) is 23.4 Å². The monoisotopic (exact) mass is 341 g/mol. The lowest BCUT2D eigenvalue weighted by atomic mass is 10.1. The molecule has 0 saturated carbocycles. The number of rotatable bonds is 2. The average molecular weight is 342 g/mol. The molecule has 2 heterocycles. The second-order valence-corrected chi connectivity index (χ2v) is 5.61. The quantitative estimate of drug-likeness (QED) is 0.840. The smallest absolute Gasteiger partial charge is 0.337 e. The zero-order chi connectivity index (χ0) is 14.8. The minimum absolute atomic E-state index is 0. The summed E-state index contributed by atoms with van der Waals surface area (Å²) < 4.78 is 37.4. The first-order valence-corrected chi connectivity index (χ1v) is 6.94. The van der Waals surface area contributed by atoms with E-state index < -0.39 is 11.4 Å². The standard InChI is InChI=1S/C12H14F3N3OS.ClH/c13-12(14,15)20-10-9(4-1-5-17-10)11(19)18-6-2-3-8(16)7-18;/h1,4-5,8H,2-3,6-7,16H2;1H. The van der Waals surface area contributed by atoms with Crippen LogP contribution in [0.4, 0.5) is 13.2 Å². The van der Waals surface area contributed by atoms with Crippen molar-refractivity contribution in [2.75, 3.05) is 13.1 Å². The minimum atomic E-state index is -4.47. The molecule has 1 aromatic rings. The number of nitrogens with zero attached hydrogens (tertiary/aromatic N) is 2. The van der Waals surface area contributed by atoms with E-state index in [1.165, 1.54) is 23.2 Å². The number of thioether (sulfide) groups is 1. The molecule has 0 aromatic carbocycles. The Bertz CT molecular complexity index is 501. The van der Waals surface area contributed by atoms with Gasteiger partial charge in [0.05, 0.1) is 5.56 Å². The number of alkyl halides is 3. The zero-order valence-corrected chi connectivity index (χ0v) is 12.6. The van der Waals surface area contributed by atoms with E-state index in [1.54, 1.807) is 0 Å². The number of nitrogens with two attached hydrogens (primary N) is 1. The van der Waals surface area contributed by atoms with E-state index in [2.05, 4.69) is 4.98 Å². The molecule has 1 unspecified atom stereocenters. The molecule has 1 aliphatic rings. The van der Waals surface area contributed by atoms with Crippen LogP contribution in [0.5, 0.6) is 0 Å². The predicted octanol–water partition coefficient (Wildman–Crippen LogP) is 2.68. The summed E-state index contributed by atoms with van der Waals surface area (Å²) in [4.78, 5) is 17.5. The Hall–Kier alpha value is -0.990. The van der Waals surface area contributed by atoms with Gasteiger partial charge in [-0.3, -0.25) is 4.79 Å². The third-order valence-electron chi connectivity index (χ3n) is 2.96. The largest absolute Gasteiger partial charge is 0.447 e. The molecular formula is C12H15ClF3N3OS. The Morgan fingerprint density at radius 3 is 2.81 bits per heavy atom. The first-order valence-electron chi connectivity index (χ1n) is 6.12. The number of aromatic nitrogens is 1. The number of pyridine rings is 1. The van der Waals surface area contributed by atoms with Gasteiger partial charge in [0.15, 0.2) is 0 Å². The number of amides is 1. The van der Waals surface area contributed by atoms with Gasteiger partial charge in [-0.05, 0) is 25.0 Å². The van der Waals surface area contributed by atoms with Crippen molar-refractivity contribution in [1.29, 1.82) is 0 Å². The van der Waals surface area contributed by atoms with E-state index in [0.717, 1.165) is 12.8 Å². The highest BCUT2D eigenvalue weighted by Crippen LogP contribution is 2.37. The number of halogens is 4. The van der Waals surface area contributed by atoms with Gasteiger partial charge >= 0.3 is 5.51 Å². The van der Waals surface area contributed by atoms with Crippen molar-refractivity contribution in [1.82, 2.24) is 9.88 Å². The second kappa shape index (κ2) is 7.33. The van der Waals surface area contributed by atoms with Crippen molar-refractivity contribution < 1.29 is 18.0 Å². The summed E-state index contributed by atoms with van der Waals surface area (Å²) in [6.07, 6.45) is 2.82. The van der Waals surface area contributed by atoms with Crippen LogP contribution in [-0.4, -0.2) is 40.4 Å². The lowest BCUT2D eigenvalue weighted by Gasteiger charge is -2.31. The number of carbonyl (C=O) groups is 1. The second-order valence-electron chi connectivity index (χ2n) is 4.56. The Kier molecular flexibility index (Phi) is 6.30. The molecule has 2 N–H and O–H groups in total. The summed E-state index contributed by atoms with van der Waals surface area (Å²) in [5.41, 5.74) is 1.29. The first kappa shape index (κ1) is 18.1. The molecule has 9 heteroatoms. The number of likely N-dealkylation sites (tertiary alicyclic amines) is 1. The van der Waals surface area contributed by atoms with Gasteiger partial charge in [-0.1, -0.05) is 0 Å². The van der Waals surface area contributed by atoms with Gasteiger partial charge in [0.1, 0.15) is 5.03 Å². The maximum Gasteiger partial charge on any atom is 0.447 e. The molecule has 0 spiro atoms. The van der Waals surface area contributed by atoms with Gasteiger partial charge in [-0.15, -0.1) is 12.4 Å². The number of carbonyl (C=O) groups excluding carboxylic acids is 1. The molecule has 1 aliphatic heterocycles. The summed E-state index contributed by atoms with van der Waals surface area (Å²) in [7, 11) is 0. The van der Waals surface area contributed by atoms with Crippen LogP contribution in [0.2, 0.25) is 0 Å². The number of piperidine rings is 1. The fraction of sp³-hybridized carbons (Fsp3) is 0.500. The Morgan fingerprint density at radius 2 is 2.19 bits per heavy atom. The lowest BCUT2D eigenvalue weighted by molar-refractivity contribution is -0.0329. The summed E-state index contributed by atoms with van der Waals surface area (Å²) in [6, 6.07) is 2.70. The average Bonchev–Trinajstić information content (AvgIpc) is 2.37. The van der Waals surface area contributed by atoms with E-state index in [-0.39, 0.29) is 40.8 Å².